The van der Waals surface area contributed by atoms with Crippen LogP contribution in [0.15, 0.2) is 0 Å². The average Bonchev–Trinajstić information content (AvgIpc) is 2.83. The summed E-state index contributed by atoms with van der Waals surface area (Å²) in [7, 11) is 0. The fourth-order valence-corrected chi connectivity index (χ4v) is 2.72. The van der Waals surface area contributed by atoms with Gasteiger partial charge in [0.05, 0.1) is 18.2 Å². The predicted molar refractivity (Wildman–Crippen MR) is 65.8 cm³/mol. The van der Waals surface area contributed by atoms with Gasteiger partial charge in [-0.2, -0.15) is 0 Å². The van der Waals surface area contributed by atoms with Crippen molar-refractivity contribution in [2.45, 2.75) is 50.1 Å². The number of hydrogen-bond acceptors (Lipinski definition) is 3. The molecule has 0 aromatic heterocycles. The SMILES string of the molecule is NCC1(NC(=O)NC2CCOC2)CCCCC1. The zero-order chi connectivity index (χ0) is 12.1. The zero-order valence-electron chi connectivity index (χ0n) is 10.3. The Balaban J connectivity index is 1.82. The minimum atomic E-state index is -0.179. The van der Waals surface area contributed by atoms with Crippen molar-refractivity contribution in [3.63, 3.8) is 0 Å². The molecular formula is C12H23N3O2. The molecule has 1 heterocycles. The number of rotatable bonds is 3. The van der Waals surface area contributed by atoms with Gasteiger partial charge < -0.3 is 21.1 Å². The molecule has 2 amide bonds. The molecule has 0 spiro atoms. The Kier molecular flexibility index (Phi) is 4.23. The summed E-state index contributed by atoms with van der Waals surface area (Å²) < 4.78 is 5.23. The minimum Gasteiger partial charge on any atom is -0.379 e. The van der Waals surface area contributed by atoms with Crippen LogP contribution in [0.2, 0.25) is 0 Å². The van der Waals surface area contributed by atoms with Crippen molar-refractivity contribution >= 4 is 6.03 Å². The van der Waals surface area contributed by atoms with Crippen molar-refractivity contribution < 1.29 is 9.53 Å². The summed E-state index contributed by atoms with van der Waals surface area (Å²) in [6.07, 6.45) is 6.47. The maximum Gasteiger partial charge on any atom is 0.315 e. The van der Waals surface area contributed by atoms with Crippen LogP contribution in [0, 0.1) is 0 Å². The first kappa shape index (κ1) is 12.6. The molecule has 1 saturated heterocycles. The topological polar surface area (TPSA) is 76.4 Å². The van der Waals surface area contributed by atoms with Crippen LogP contribution in [0.4, 0.5) is 4.79 Å². The highest BCUT2D eigenvalue weighted by atomic mass is 16.5. The average molecular weight is 241 g/mol. The Labute approximate surface area is 102 Å². The number of amides is 2. The predicted octanol–water partition coefficient (Wildman–Crippen LogP) is 0.736. The van der Waals surface area contributed by atoms with E-state index in [2.05, 4.69) is 10.6 Å². The Morgan fingerprint density at radius 2 is 2.12 bits per heavy atom. The highest BCUT2D eigenvalue weighted by Crippen LogP contribution is 2.27. The van der Waals surface area contributed by atoms with Crippen molar-refractivity contribution in [1.82, 2.24) is 10.6 Å². The van der Waals surface area contributed by atoms with Crippen LogP contribution in [0.5, 0.6) is 0 Å². The Morgan fingerprint density at radius 3 is 2.71 bits per heavy atom. The van der Waals surface area contributed by atoms with Crippen LogP contribution in [0.3, 0.4) is 0 Å². The molecule has 1 unspecified atom stereocenters. The van der Waals surface area contributed by atoms with Gasteiger partial charge in [-0.1, -0.05) is 19.3 Å². The fraction of sp³-hybridized carbons (Fsp3) is 0.917. The Hall–Kier alpha value is -0.810. The second kappa shape index (κ2) is 5.69. The third-order valence-corrected chi connectivity index (χ3v) is 3.84. The minimum absolute atomic E-state index is 0.0900. The summed E-state index contributed by atoms with van der Waals surface area (Å²) >= 11 is 0. The fourth-order valence-electron chi connectivity index (χ4n) is 2.72. The lowest BCUT2D eigenvalue weighted by Crippen LogP contribution is -2.58. The van der Waals surface area contributed by atoms with E-state index >= 15 is 0 Å². The van der Waals surface area contributed by atoms with Crippen LogP contribution >= 0.6 is 0 Å². The number of ether oxygens (including phenoxy) is 1. The van der Waals surface area contributed by atoms with Crippen molar-refractivity contribution in [2.24, 2.45) is 5.73 Å². The van der Waals surface area contributed by atoms with Gasteiger partial charge in [-0.3, -0.25) is 0 Å². The maximum absolute atomic E-state index is 11.9. The lowest BCUT2D eigenvalue weighted by atomic mass is 9.82. The van der Waals surface area contributed by atoms with Crippen molar-refractivity contribution in [3.8, 4) is 0 Å². The van der Waals surface area contributed by atoms with E-state index in [1.54, 1.807) is 0 Å². The molecule has 1 saturated carbocycles. The first-order valence-electron chi connectivity index (χ1n) is 6.61. The van der Waals surface area contributed by atoms with Gasteiger partial charge in [-0.15, -0.1) is 0 Å². The number of carbonyl (C=O) groups is 1. The number of nitrogens with two attached hydrogens (primary N) is 1. The van der Waals surface area contributed by atoms with Gasteiger partial charge in [-0.05, 0) is 19.3 Å². The normalized spacial score (nSPS) is 27.7. The molecule has 2 rings (SSSR count). The molecule has 17 heavy (non-hydrogen) atoms. The van der Waals surface area contributed by atoms with Crippen LogP contribution in [0.1, 0.15) is 38.5 Å². The third kappa shape index (κ3) is 3.33. The van der Waals surface area contributed by atoms with Gasteiger partial charge in [0.2, 0.25) is 0 Å². The first-order chi connectivity index (χ1) is 8.24. The summed E-state index contributed by atoms with van der Waals surface area (Å²) in [4.78, 5) is 11.9. The lowest BCUT2D eigenvalue weighted by molar-refractivity contribution is 0.183. The first-order valence-corrected chi connectivity index (χ1v) is 6.61. The number of carbonyl (C=O) groups excluding carboxylic acids is 1. The molecule has 4 N–H and O–H groups in total. The molecule has 2 fully saturated rings. The highest BCUT2D eigenvalue weighted by molar-refractivity contribution is 5.75. The maximum atomic E-state index is 11.9. The van der Waals surface area contributed by atoms with E-state index in [0.717, 1.165) is 38.7 Å². The quantitative estimate of drug-likeness (QED) is 0.682. The smallest absolute Gasteiger partial charge is 0.315 e. The Morgan fingerprint density at radius 1 is 1.35 bits per heavy atom. The molecule has 0 aromatic rings. The van der Waals surface area contributed by atoms with E-state index in [1.165, 1.54) is 6.42 Å². The molecule has 0 aromatic carbocycles. The van der Waals surface area contributed by atoms with Gasteiger partial charge in [0.25, 0.3) is 0 Å². The van der Waals surface area contributed by atoms with E-state index in [4.69, 9.17) is 10.5 Å². The summed E-state index contributed by atoms with van der Waals surface area (Å²) in [6.45, 7) is 1.90. The van der Waals surface area contributed by atoms with Gasteiger partial charge in [0.15, 0.2) is 0 Å². The van der Waals surface area contributed by atoms with Gasteiger partial charge in [-0.25, -0.2) is 4.79 Å². The largest absolute Gasteiger partial charge is 0.379 e. The van der Waals surface area contributed by atoms with E-state index < -0.39 is 0 Å². The molecule has 0 radical (unpaired) electrons. The summed E-state index contributed by atoms with van der Waals surface area (Å²) in [6, 6.07) is 0.0706. The molecule has 98 valence electrons. The van der Waals surface area contributed by atoms with E-state index in [9.17, 15) is 4.79 Å². The molecule has 1 atom stereocenters. The van der Waals surface area contributed by atoms with E-state index in [0.29, 0.717) is 13.2 Å². The molecule has 1 aliphatic heterocycles. The summed E-state index contributed by atoms with van der Waals surface area (Å²) in [5.41, 5.74) is 5.65. The van der Waals surface area contributed by atoms with E-state index in [-0.39, 0.29) is 17.6 Å². The lowest BCUT2D eigenvalue weighted by Gasteiger charge is -2.37. The van der Waals surface area contributed by atoms with Crippen molar-refractivity contribution in [2.75, 3.05) is 19.8 Å². The summed E-state index contributed by atoms with van der Waals surface area (Å²) in [5.74, 6) is 0. The van der Waals surface area contributed by atoms with Crippen LogP contribution < -0.4 is 16.4 Å². The van der Waals surface area contributed by atoms with Crippen LogP contribution in [0.25, 0.3) is 0 Å². The van der Waals surface area contributed by atoms with Crippen molar-refractivity contribution in [3.05, 3.63) is 0 Å². The monoisotopic (exact) mass is 241 g/mol. The standard InChI is InChI=1S/C12H23N3O2/c13-9-12(5-2-1-3-6-12)15-11(16)14-10-4-7-17-8-10/h10H,1-9,13H2,(H2,14,15,16). The second-order valence-electron chi connectivity index (χ2n) is 5.20. The third-order valence-electron chi connectivity index (χ3n) is 3.84. The molecule has 5 nitrogen and oxygen atoms in total. The van der Waals surface area contributed by atoms with Gasteiger partial charge >= 0.3 is 6.03 Å². The molecule has 0 bridgehead atoms. The summed E-state index contributed by atoms with van der Waals surface area (Å²) in [5, 5.41) is 6.03. The van der Waals surface area contributed by atoms with E-state index in [1.807, 2.05) is 0 Å². The number of nitrogens with one attached hydrogen (secondary N) is 2. The number of urea groups is 1. The molecule has 1 aliphatic carbocycles. The van der Waals surface area contributed by atoms with Crippen LogP contribution in [-0.2, 0) is 4.74 Å². The van der Waals surface area contributed by atoms with Crippen LogP contribution in [-0.4, -0.2) is 37.4 Å². The van der Waals surface area contributed by atoms with Gasteiger partial charge in [0, 0.05) is 13.2 Å². The van der Waals surface area contributed by atoms with Crippen molar-refractivity contribution in [1.29, 1.82) is 0 Å². The van der Waals surface area contributed by atoms with Gasteiger partial charge in [0.1, 0.15) is 0 Å². The molecule has 2 aliphatic rings. The number of hydrogen-bond donors (Lipinski definition) is 3. The Bertz CT molecular complexity index is 258. The molecule has 5 heteroatoms. The second-order valence-corrected chi connectivity index (χ2v) is 5.20. The molecular weight excluding hydrogens is 218 g/mol. The highest BCUT2D eigenvalue weighted by Gasteiger charge is 2.32. The zero-order valence-corrected chi connectivity index (χ0v) is 10.3.